The van der Waals surface area contributed by atoms with Crippen LogP contribution < -0.4 is 11.5 Å². The van der Waals surface area contributed by atoms with Gasteiger partial charge >= 0.3 is 0 Å². The number of halogens is 1. The largest absolute Gasteiger partial charge is 0.329 e. The second kappa shape index (κ2) is 5.14. The van der Waals surface area contributed by atoms with Gasteiger partial charge in [-0.05, 0) is 12.5 Å². The van der Waals surface area contributed by atoms with Gasteiger partial charge in [-0.1, -0.05) is 29.8 Å². The summed E-state index contributed by atoms with van der Waals surface area (Å²) in [6.07, 6.45) is 0. The third-order valence-corrected chi connectivity index (χ3v) is 1.76. The van der Waals surface area contributed by atoms with E-state index in [2.05, 4.69) is 6.92 Å². The maximum atomic E-state index is 5.72. The van der Waals surface area contributed by atoms with Crippen LogP contribution in [-0.2, 0) is 0 Å². The molecule has 0 aliphatic rings. The molecular formula is C9H15ClN2. The van der Waals surface area contributed by atoms with Gasteiger partial charge in [0.05, 0.1) is 0 Å². The van der Waals surface area contributed by atoms with Crippen LogP contribution in [0.5, 0.6) is 0 Å². The predicted molar refractivity (Wildman–Crippen MR) is 54.4 cm³/mol. The van der Waals surface area contributed by atoms with Gasteiger partial charge in [0.15, 0.2) is 0 Å². The monoisotopic (exact) mass is 186 g/mol. The van der Waals surface area contributed by atoms with Crippen molar-refractivity contribution in [2.45, 2.75) is 13.0 Å². The molecule has 1 aromatic carbocycles. The van der Waals surface area contributed by atoms with Crippen molar-refractivity contribution in [3.8, 4) is 0 Å². The minimum Gasteiger partial charge on any atom is -0.329 e. The van der Waals surface area contributed by atoms with Gasteiger partial charge in [0.2, 0.25) is 0 Å². The number of rotatable bonds is 2. The Morgan fingerprint density at radius 1 is 1.25 bits per heavy atom. The van der Waals surface area contributed by atoms with Crippen molar-refractivity contribution in [2.24, 2.45) is 11.5 Å². The Morgan fingerprint density at radius 2 is 1.75 bits per heavy atom. The lowest BCUT2D eigenvalue weighted by atomic mass is 10.1. The summed E-state index contributed by atoms with van der Waals surface area (Å²) in [4.78, 5) is 0. The third-order valence-electron chi connectivity index (χ3n) is 1.76. The van der Waals surface area contributed by atoms with Crippen molar-refractivity contribution in [3.05, 3.63) is 35.4 Å². The standard InChI is InChI=1S/C9H14N2.ClH/c1-7-2-4-8(5-3-7)9(11)6-10;/h2-5,9H,6,10-11H2,1H3;1H/t9-;/m0./s1. The quantitative estimate of drug-likeness (QED) is 0.733. The van der Waals surface area contributed by atoms with Crippen molar-refractivity contribution in [3.63, 3.8) is 0 Å². The molecular weight excluding hydrogens is 172 g/mol. The van der Waals surface area contributed by atoms with Crippen LogP contribution in [0.4, 0.5) is 0 Å². The molecule has 0 radical (unpaired) electrons. The van der Waals surface area contributed by atoms with E-state index in [0.29, 0.717) is 6.54 Å². The smallest absolute Gasteiger partial charge is 0.0419 e. The molecule has 0 bridgehead atoms. The molecule has 0 aliphatic heterocycles. The van der Waals surface area contributed by atoms with Crippen LogP contribution in [0.1, 0.15) is 17.2 Å². The van der Waals surface area contributed by atoms with E-state index in [1.807, 2.05) is 24.3 Å². The highest BCUT2D eigenvalue weighted by atomic mass is 35.5. The molecule has 0 amide bonds. The normalized spacial score (nSPS) is 11.9. The maximum Gasteiger partial charge on any atom is 0.0419 e. The third kappa shape index (κ3) is 2.81. The predicted octanol–water partition coefficient (Wildman–Crippen LogP) is 1.38. The fraction of sp³-hybridized carbons (Fsp3) is 0.333. The van der Waals surface area contributed by atoms with E-state index < -0.39 is 0 Å². The lowest BCUT2D eigenvalue weighted by molar-refractivity contribution is 0.737. The number of hydrogen-bond donors (Lipinski definition) is 2. The van der Waals surface area contributed by atoms with Crippen LogP contribution in [0.3, 0.4) is 0 Å². The Hall–Kier alpha value is -0.570. The topological polar surface area (TPSA) is 52.0 Å². The number of hydrogen-bond acceptors (Lipinski definition) is 2. The van der Waals surface area contributed by atoms with E-state index in [1.54, 1.807) is 0 Å². The van der Waals surface area contributed by atoms with Crippen molar-refractivity contribution in [1.29, 1.82) is 0 Å². The summed E-state index contributed by atoms with van der Waals surface area (Å²) in [6, 6.07) is 8.12. The van der Waals surface area contributed by atoms with Crippen LogP contribution >= 0.6 is 12.4 Å². The molecule has 0 saturated carbocycles. The van der Waals surface area contributed by atoms with Gasteiger partial charge in [-0.15, -0.1) is 12.4 Å². The van der Waals surface area contributed by atoms with Crippen LogP contribution in [0.15, 0.2) is 24.3 Å². The highest BCUT2D eigenvalue weighted by Gasteiger charge is 2.00. The van der Waals surface area contributed by atoms with Crippen LogP contribution in [0.25, 0.3) is 0 Å². The number of nitrogens with two attached hydrogens (primary N) is 2. The number of benzene rings is 1. The first kappa shape index (κ1) is 11.4. The summed E-state index contributed by atoms with van der Waals surface area (Å²) in [5.41, 5.74) is 13.5. The van der Waals surface area contributed by atoms with E-state index in [1.165, 1.54) is 5.56 Å². The van der Waals surface area contributed by atoms with Crippen LogP contribution in [0.2, 0.25) is 0 Å². The molecule has 0 spiro atoms. The van der Waals surface area contributed by atoms with Crippen molar-refractivity contribution in [2.75, 3.05) is 6.54 Å². The van der Waals surface area contributed by atoms with Gasteiger partial charge in [-0.25, -0.2) is 0 Å². The van der Waals surface area contributed by atoms with Crippen molar-refractivity contribution < 1.29 is 0 Å². The summed E-state index contributed by atoms with van der Waals surface area (Å²) >= 11 is 0. The van der Waals surface area contributed by atoms with E-state index in [9.17, 15) is 0 Å². The van der Waals surface area contributed by atoms with E-state index in [-0.39, 0.29) is 18.4 Å². The molecule has 4 N–H and O–H groups in total. The fourth-order valence-corrected chi connectivity index (χ4v) is 0.950. The van der Waals surface area contributed by atoms with Gasteiger partial charge in [0.25, 0.3) is 0 Å². The molecule has 0 unspecified atom stereocenters. The maximum absolute atomic E-state index is 5.72. The first-order valence-electron chi connectivity index (χ1n) is 3.76. The number of aryl methyl sites for hydroxylation is 1. The van der Waals surface area contributed by atoms with Crippen LogP contribution in [-0.4, -0.2) is 6.54 Å². The van der Waals surface area contributed by atoms with Crippen molar-refractivity contribution >= 4 is 12.4 Å². The van der Waals surface area contributed by atoms with Gasteiger partial charge in [0, 0.05) is 12.6 Å². The second-order valence-corrected chi connectivity index (χ2v) is 2.75. The minimum absolute atomic E-state index is 0. The Balaban J connectivity index is 0.00000121. The molecule has 12 heavy (non-hydrogen) atoms. The first-order valence-corrected chi connectivity index (χ1v) is 3.76. The highest BCUT2D eigenvalue weighted by molar-refractivity contribution is 5.85. The van der Waals surface area contributed by atoms with E-state index in [4.69, 9.17) is 11.5 Å². The van der Waals surface area contributed by atoms with Gasteiger partial charge in [-0.2, -0.15) is 0 Å². The van der Waals surface area contributed by atoms with Gasteiger partial charge < -0.3 is 11.5 Å². The summed E-state index contributed by atoms with van der Waals surface area (Å²) in [5, 5.41) is 0. The molecule has 1 rings (SSSR count). The lowest BCUT2D eigenvalue weighted by Gasteiger charge is -2.08. The Labute approximate surface area is 79.4 Å². The summed E-state index contributed by atoms with van der Waals surface area (Å²) in [6.45, 7) is 2.56. The molecule has 0 heterocycles. The molecule has 68 valence electrons. The molecule has 0 aromatic heterocycles. The molecule has 3 heteroatoms. The van der Waals surface area contributed by atoms with Crippen molar-refractivity contribution in [1.82, 2.24) is 0 Å². The summed E-state index contributed by atoms with van der Waals surface area (Å²) < 4.78 is 0. The molecule has 1 aromatic rings. The fourth-order valence-electron chi connectivity index (χ4n) is 0.950. The Morgan fingerprint density at radius 3 is 2.17 bits per heavy atom. The Bertz CT molecular complexity index is 220. The minimum atomic E-state index is -0.0180. The molecule has 0 aliphatic carbocycles. The zero-order chi connectivity index (χ0) is 8.27. The molecule has 0 saturated heterocycles. The van der Waals surface area contributed by atoms with E-state index >= 15 is 0 Å². The molecule has 1 atom stereocenters. The lowest BCUT2D eigenvalue weighted by Crippen LogP contribution is -2.20. The van der Waals surface area contributed by atoms with E-state index in [0.717, 1.165) is 5.56 Å². The summed E-state index contributed by atoms with van der Waals surface area (Å²) in [5.74, 6) is 0. The SMILES string of the molecule is Cc1ccc([C@@H](N)CN)cc1.Cl. The first-order chi connectivity index (χ1) is 5.24. The second-order valence-electron chi connectivity index (χ2n) is 2.75. The summed E-state index contributed by atoms with van der Waals surface area (Å²) in [7, 11) is 0. The average molecular weight is 187 g/mol. The van der Waals surface area contributed by atoms with Gasteiger partial charge in [0.1, 0.15) is 0 Å². The average Bonchev–Trinajstić information content (AvgIpc) is 2.05. The highest BCUT2D eigenvalue weighted by Crippen LogP contribution is 2.09. The molecule has 0 fully saturated rings. The van der Waals surface area contributed by atoms with Crippen LogP contribution in [0, 0.1) is 6.92 Å². The zero-order valence-electron chi connectivity index (χ0n) is 7.16. The molecule has 2 nitrogen and oxygen atoms in total. The zero-order valence-corrected chi connectivity index (χ0v) is 7.97. The Kier molecular flexibility index (Phi) is 4.90. The van der Waals surface area contributed by atoms with Gasteiger partial charge in [-0.3, -0.25) is 0 Å².